The fraction of sp³-hybridized carbons (Fsp3) is 0.273. The monoisotopic (exact) mass is 230 g/mol. The Morgan fingerprint density at radius 1 is 1.47 bits per heavy atom. The number of imide groups is 1. The fourth-order valence-electron chi connectivity index (χ4n) is 1.60. The van der Waals surface area contributed by atoms with Crippen molar-refractivity contribution in [3.05, 3.63) is 30.1 Å². The number of aromatic nitrogens is 1. The SMILES string of the molecule is N#CC1CN(Cc2ccncc2)C(=O)NC1=O. The molecule has 17 heavy (non-hydrogen) atoms. The van der Waals surface area contributed by atoms with Crippen molar-refractivity contribution in [1.82, 2.24) is 15.2 Å². The summed E-state index contributed by atoms with van der Waals surface area (Å²) in [5, 5.41) is 10.9. The maximum absolute atomic E-state index is 11.5. The Morgan fingerprint density at radius 2 is 2.18 bits per heavy atom. The highest BCUT2D eigenvalue weighted by Crippen LogP contribution is 2.11. The van der Waals surface area contributed by atoms with Crippen molar-refractivity contribution in [2.24, 2.45) is 5.92 Å². The number of urea groups is 1. The first-order valence-corrected chi connectivity index (χ1v) is 5.09. The molecule has 1 aromatic rings. The van der Waals surface area contributed by atoms with Crippen molar-refractivity contribution in [2.45, 2.75) is 6.54 Å². The number of nitrogens with zero attached hydrogens (tertiary/aromatic N) is 3. The number of hydrogen-bond donors (Lipinski definition) is 1. The Labute approximate surface area is 97.9 Å². The quantitative estimate of drug-likeness (QED) is 0.790. The highest BCUT2D eigenvalue weighted by molar-refractivity contribution is 5.99. The minimum atomic E-state index is -0.797. The Kier molecular flexibility index (Phi) is 3.01. The first kappa shape index (κ1) is 11.1. The van der Waals surface area contributed by atoms with Crippen LogP contribution < -0.4 is 5.32 Å². The van der Waals surface area contributed by atoms with Crippen LogP contribution in [0.2, 0.25) is 0 Å². The van der Waals surface area contributed by atoms with E-state index in [-0.39, 0.29) is 6.54 Å². The zero-order valence-electron chi connectivity index (χ0n) is 8.96. The number of amides is 3. The van der Waals surface area contributed by atoms with Gasteiger partial charge in [-0.1, -0.05) is 0 Å². The largest absolute Gasteiger partial charge is 0.324 e. The number of rotatable bonds is 2. The molecule has 0 radical (unpaired) electrons. The predicted octanol–water partition coefficient (Wildman–Crippen LogP) is 0.273. The molecule has 0 spiro atoms. The van der Waals surface area contributed by atoms with Crippen LogP contribution in [0.1, 0.15) is 5.56 Å². The van der Waals surface area contributed by atoms with E-state index in [0.29, 0.717) is 6.54 Å². The molecule has 1 aromatic heterocycles. The summed E-state index contributed by atoms with van der Waals surface area (Å²) >= 11 is 0. The van der Waals surface area contributed by atoms with Crippen LogP contribution in [0.15, 0.2) is 24.5 Å². The average Bonchev–Trinajstić information content (AvgIpc) is 2.34. The number of pyridine rings is 1. The summed E-state index contributed by atoms with van der Waals surface area (Å²) in [6.45, 7) is 0.489. The van der Waals surface area contributed by atoms with Crippen LogP contribution in [-0.2, 0) is 11.3 Å². The van der Waals surface area contributed by atoms with Crippen LogP contribution in [0.25, 0.3) is 0 Å². The Hall–Kier alpha value is -2.42. The molecule has 2 heterocycles. The van der Waals surface area contributed by atoms with Gasteiger partial charge in [-0.05, 0) is 17.7 Å². The summed E-state index contributed by atoms with van der Waals surface area (Å²) in [5.41, 5.74) is 0.904. The minimum Gasteiger partial charge on any atom is -0.318 e. The lowest BCUT2D eigenvalue weighted by Gasteiger charge is -2.29. The molecule has 6 heteroatoms. The number of hydrogen-bond acceptors (Lipinski definition) is 4. The van der Waals surface area contributed by atoms with Crippen molar-refractivity contribution in [1.29, 1.82) is 5.26 Å². The number of carbonyl (C=O) groups excluding carboxylic acids is 2. The molecule has 1 atom stereocenters. The first-order chi connectivity index (χ1) is 8.20. The lowest BCUT2D eigenvalue weighted by molar-refractivity contribution is -0.124. The predicted molar refractivity (Wildman–Crippen MR) is 57.3 cm³/mol. The highest BCUT2D eigenvalue weighted by atomic mass is 16.2. The summed E-state index contributed by atoms with van der Waals surface area (Å²) < 4.78 is 0. The van der Waals surface area contributed by atoms with E-state index in [2.05, 4.69) is 10.3 Å². The normalized spacial score (nSPS) is 19.7. The topological polar surface area (TPSA) is 86.1 Å². The molecule has 0 bridgehead atoms. The van der Waals surface area contributed by atoms with E-state index in [1.807, 2.05) is 6.07 Å². The van der Waals surface area contributed by atoms with Gasteiger partial charge in [-0.25, -0.2) is 4.79 Å². The third-order valence-corrected chi connectivity index (χ3v) is 2.52. The number of carbonyl (C=O) groups is 2. The van der Waals surface area contributed by atoms with E-state index in [0.717, 1.165) is 5.56 Å². The average molecular weight is 230 g/mol. The van der Waals surface area contributed by atoms with Crippen molar-refractivity contribution in [3.63, 3.8) is 0 Å². The van der Waals surface area contributed by atoms with Crippen LogP contribution in [0.5, 0.6) is 0 Å². The molecule has 6 nitrogen and oxygen atoms in total. The molecule has 0 saturated carbocycles. The van der Waals surface area contributed by atoms with E-state index in [4.69, 9.17) is 5.26 Å². The van der Waals surface area contributed by atoms with Gasteiger partial charge in [-0.15, -0.1) is 0 Å². The zero-order valence-corrected chi connectivity index (χ0v) is 8.96. The van der Waals surface area contributed by atoms with Crippen LogP contribution in [0.4, 0.5) is 4.79 Å². The lowest BCUT2D eigenvalue weighted by Crippen LogP contribution is -2.53. The van der Waals surface area contributed by atoms with Gasteiger partial charge in [-0.3, -0.25) is 15.1 Å². The van der Waals surface area contributed by atoms with Gasteiger partial charge in [-0.2, -0.15) is 5.26 Å². The Balaban J connectivity index is 2.09. The van der Waals surface area contributed by atoms with Crippen LogP contribution >= 0.6 is 0 Å². The van der Waals surface area contributed by atoms with Crippen molar-refractivity contribution < 1.29 is 9.59 Å². The Bertz CT molecular complexity index is 480. The molecule has 0 aromatic carbocycles. The highest BCUT2D eigenvalue weighted by Gasteiger charge is 2.31. The standard InChI is InChI=1S/C11H10N4O2/c12-5-9-7-15(11(17)14-10(9)16)6-8-1-3-13-4-2-8/h1-4,9H,6-7H2,(H,14,16,17). The molecule has 1 N–H and O–H groups in total. The third-order valence-electron chi connectivity index (χ3n) is 2.52. The van der Waals surface area contributed by atoms with Crippen molar-refractivity contribution in [2.75, 3.05) is 6.54 Å². The molecular formula is C11H10N4O2. The summed E-state index contributed by atoms with van der Waals surface area (Å²) in [7, 11) is 0. The molecule has 1 aliphatic heterocycles. The third kappa shape index (κ3) is 2.39. The van der Waals surface area contributed by atoms with Crippen LogP contribution in [0, 0.1) is 17.2 Å². The minimum absolute atomic E-state index is 0.128. The van der Waals surface area contributed by atoms with Crippen molar-refractivity contribution in [3.8, 4) is 6.07 Å². The molecule has 1 fully saturated rings. The van der Waals surface area contributed by atoms with E-state index in [1.54, 1.807) is 24.5 Å². The zero-order chi connectivity index (χ0) is 12.3. The summed E-state index contributed by atoms with van der Waals surface area (Å²) in [6.07, 6.45) is 3.26. The molecular weight excluding hydrogens is 220 g/mol. The van der Waals surface area contributed by atoms with Gasteiger partial charge in [0.2, 0.25) is 5.91 Å². The maximum Gasteiger partial charge on any atom is 0.324 e. The maximum atomic E-state index is 11.5. The van der Waals surface area contributed by atoms with E-state index in [9.17, 15) is 9.59 Å². The van der Waals surface area contributed by atoms with E-state index >= 15 is 0 Å². The molecule has 1 saturated heterocycles. The van der Waals surface area contributed by atoms with Gasteiger partial charge in [0.05, 0.1) is 6.07 Å². The smallest absolute Gasteiger partial charge is 0.318 e. The second-order valence-corrected chi connectivity index (χ2v) is 3.71. The second-order valence-electron chi connectivity index (χ2n) is 3.71. The second kappa shape index (κ2) is 4.61. The van der Waals surface area contributed by atoms with E-state index < -0.39 is 17.9 Å². The van der Waals surface area contributed by atoms with Gasteiger partial charge in [0.1, 0.15) is 5.92 Å². The van der Waals surface area contributed by atoms with Crippen LogP contribution in [0.3, 0.4) is 0 Å². The van der Waals surface area contributed by atoms with Gasteiger partial charge in [0.25, 0.3) is 0 Å². The molecule has 86 valence electrons. The van der Waals surface area contributed by atoms with Gasteiger partial charge in [0, 0.05) is 25.5 Å². The summed E-state index contributed by atoms with van der Waals surface area (Å²) in [5.74, 6) is -1.32. The summed E-state index contributed by atoms with van der Waals surface area (Å²) in [6, 6.07) is 4.98. The molecule has 3 amide bonds. The van der Waals surface area contributed by atoms with Gasteiger partial charge < -0.3 is 4.90 Å². The number of nitrogens with one attached hydrogen (secondary N) is 1. The first-order valence-electron chi connectivity index (χ1n) is 5.09. The van der Waals surface area contributed by atoms with Gasteiger partial charge >= 0.3 is 6.03 Å². The summed E-state index contributed by atoms with van der Waals surface area (Å²) in [4.78, 5) is 28.1. The van der Waals surface area contributed by atoms with E-state index in [1.165, 1.54) is 4.90 Å². The fourth-order valence-corrected chi connectivity index (χ4v) is 1.60. The molecule has 0 aliphatic carbocycles. The lowest BCUT2D eigenvalue weighted by atomic mass is 10.1. The number of nitriles is 1. The van der Waals surface area contributed by atoms with Crippen LogP contribution in [-0.4, -0.2) is 28.4 Å². The van der Waals surface area contributed by atoms with Gasteiger partial charge in [0.15, 0.2) is 0 Å². The molecule has 2 rings (SSSR count). The van der Waals surface area contributed by atoms with Crippen molar-refractivity contribution >= 4 is 11.9 Å². The molecule has 1 unspecified atom stereocenters. The Morgan fingerprint density at radius 3 is 2.82 bits per heavy atom. The molecule has 1 aliphatic rings.